The molecule has 10 rings (SSSR count). The van der Waals surface area contributed by atoms with Crippen LogP contribution in [0.4, 0.5) is 0 Å². The topological polar surface area (TPSA) is 69.9 Å². The maximum Gasteiger partial charge on any atom is 0.228 e. The second-order valence-electron chi connectivity index (χ2n) is 21.5. The summed E-state index contributed by atoms with van der Waals surface area (Å²) in [4.78, 5) is 14.8. The van der Waals surface area contributed by atoms with Gasteiger partial charge in [-0.3, -0.25) is 4.98 Å². The molecule has 0 unspecified atom stereocenters. The zero-order chi connectivity index (χ0) is 50.9. The van der Waals surface area contributed by atoms with E-state index in [9.17, 15) is 0 Å². The molecule has 0 aliphatic carbocycles. The molecule has 70 heavy (non-hydrogen) atoms. The van der Waals surface area contributed by atoms with Crippen molar-refractivity contribution in [3.63, 3.8) is 0 Å². The Morgan fingerprint density at radius 2 is 1.31 bits per heavy atom. The average molecular weight is 1120 g/mol. The summed E-state index contributed by atoms with van der Waals surface area (Å²) in [6.07, 6.45) is 1.95. The van der Waals surface area contributed by atoms with E-state index in [0.717, 1.165) is 89.1 Å². The molecule has 0 aliphatic rings. The third-order valence-corrected chi connectivity index (χ3v) is 15.2. The van der Waals surface area contributed by atoms with Crippen LogP contribution in [-0.2, 0) is 25.5 Å². The van der Waals surface area contributed by atoms with Gasteiger partial charge in [0.15, 0.2) is 16.7 Å². The first-order valence-corrected chi connectivity index (χ1v) is 27.8. The summed E-state index contributed by atoms with van der Waals surface area (Å²) in [6, 6.07) is 45.9. The monoisotopic (exact) mass is 1120 g/mol. The maximum atomic E-state index is 9.11. The number of furan rings is 1. The molecule has 361 valence electrons. The smallest absolute Gasteiger partial charge is 0.228 e. The van der Waals surface area contributed by atoms with Gasteiger partial charge in [0.05, 0.1) is 30.5 Å². The van der Waals surface area contributed by atoms with Gasteiger partial charge in [0, 0.05) is 45.7 Å². The molecule has 1 radical (unpaired) electrons. The molecule has 0 aliphatic heterocycles. The molecule has 4 aromatic heterocycles. The number of para-hydroxylation sites is 2. The number of pyridine rings is 1. The number of hydrogen-bond donors (Lipinski definition) is 0. The summed E-state index contributed by atoms with van der Waals surface area (Å²) in [5, 5.41) is 3.30. The van der Waals surface area contributed by atoms with Crippen molar-refractivity contribution in [2.45, 2.75) is 125 Å². The molecule has 0 bridgehead atoms. The van der Waals surface area contributed by atoms with Gasteiger partial charge in [-0.25, -0.2) is 4.98 Å². The molecule has 4 heterocycles. The van der Waals surface area contributed by atoms with E-state index in [2.05, 4.69) is 139 Å². The number of hydrogen-bond acceptors (Lipinski definition) is 5. The fourth-order valence-corrected chi connectivity index (χ4v) is 10.5. The number of fused-ring (bicyclic) bond motifs is 6. The van der Waals surface area contributed by atoms with Crippen molar-refractivity contribution < 1.29 is 31.7 Å². The minimum absolute atomic E-state index is 0. The number of nitrogens with zero attached hydrogens (tertiary/aromatic N) is 4. The van der Waals surface area contributed by atoms with Crippen molar-refractivity contribution >= 4 is 57.3 Å². The van der Waals surface area contributed by atoms with Gasteiger partial charge < -0.3 is 18.4 Å². The Kier molecular flexibility index (Phi) is 13.4. The largest absolute Gasteiger partial charge is 0.498 e. The van der Waals surface area contributed by atoms with E-state index in [1.165, 1.54) is 21.9 Å². The van der Waals surface area contributed by atoms with Crippen LogP contribution in [0.25, 0.3) is 83.9 Å². The third kappa shape index (κ3) is 9.51. The average Bonchev–Trinajstić information content (AvgIpc) is 4.04. The molecule has 8 heteroatoms. The van der Waals surface area contributed by atoms with Gasteiger partial charge in [-0.2, -0.15) is 0 Å². The Balaban J connectivity index is 0.000000192. The summed E-state index contributed by atoms with van der Waals surface area (Å²) in [5.74, 6) is 0.420. The van der Waals surface area contributed by atoms with E-state index < -0.39 is 19.9 Å². The molecule has 6 aromatic carbocycles. The van der Waals surface area contributed by atoms with Crippen molar-refractivity contribution in [3.05, 3.63) is 161 Å². The number of oxazole rings is 1. The van der Waals surface area contributed by atoms with Gasteiger partial charge in [0.1, 0.15) is 0 Å². The van der Waals surface area contributed by atoms with Crippen LogP contribution in [0.1, 0.15) is 130 Å². The van der Waals surface area contributed by atoms with Crippen LogP contribution in [-0.4, -0.2) is 27.6 Å². The van der Waals surface area contributed by atoms with Gasteiger partial charge in [0.25, 0.3) is 0 Å². The molecule has 0 saturated carbocycles. The predicted octanol–water partition coefficient (Wildman–Crippen LogP) is 17.1. The zero-order valence-electron chi connectivity index (χ0n) is 45.1. The SMILES string of the molecule is CC(C)c1cccc(C(C)C)c1-c1nc2c(ccc3c4cc[c-]c(-c5ccc(C(C)(C)C)cn5)c4oc32)o1.[2H]C(C)(C)c1cc([Si](C)(C)C)cc(C([2H])(C)C)c1-n1c(-c2[c-]cccc2)nc2ccccc21.[Ir]. The van der Waals surface area contributed by atoms with Crippen molar-refractivity contribution in [1.82, 2.24) is 19.5 Å². The Morgan fingerprint density at radius 3 is 1.90 bits per heavy atom. The normalized spacial score (nSPS) is 13.0. The third-order valence-electron chi connectivity index (χ3n) is 13.2. The zero-order valence-corrected chi connectivity index (χ0v) is 46.5. The van der Waals surface area contributed by atoms with E-state index >= 15 is 0 Å². The van der Waals surface area contributed by atoms with Gasteiger partial charge in [-0.1, -0.05) is 167 Å². The first kappa shape index (κ1) is 47.7. The fourth-order valence-electron chi connectivity index (χ4n) is 9.31. The number of benzene rings is 6. The summed E-state index contributed by atoms with van der Waals surface area (Å²) < 4.78 is 33.4. The van der Waals surface area contributed by atoms with Crippen LogP contribution < -0.4 is 5.19 Å². The first-order valence-electron chi connectivity index (χ1n) is 25.3. The van der Waals surface area contributed by atoms with Crippen LogP contribution in [0.15, 0.2) is 130 Å². The van der Waals surface area contributed by atoms with Crippen molar-refractivity contribution in [2.24, 2.45) is 0 Å². The van der Waals surface area contributed by atoms with Crippen LogP contribution in [0.3, 0.4) is 0 Å². The van der Waals surface area contributed by atoms with Crippen LogP contribution in [0.2, 0.25) is 19.6 Å². The summed E-state index contributed by atoms with van der Waals surface area (Å²) >= 11 is 0. The van der Waals surface area contributed by atoms with Crippen molar-refractivity contribution in [3.8, 4) is 39.8 Å². The molecular weight excluding hydrogens is 1050 g/mol. The number of imidazole rings is 1. The molecule has 6 nitrogen and oxygen atoms in total. The molecule has 0 amide bonds. The molecule has 0 atom stereocenters. The Labute approximate surface area is 432 Å². The maximum absolute atomic E-state index is 9.11. The van der Waals surface area contributed by atoms with Crippen LogP contribution in [0, 0.1) is 12.1 Å². The minimum Gasteiger partial charge on any atom is -0.498 e. The van der Waals surface area contributed by atoms with Crippen molar-refractivity contribution in [1.29, 1.82) is 0 Å². The van der Waals surface area contributed by atoms with Crippen LogP contribution >= 0.6 is 0 Å². The van der Waals surface area contributed by atoms with Gasteiger partial charge in [-0.15, -0.1) is 54.1 Å². The fraction of sp³-hybridized carbons (Fsp3) is 0.306. The standard InChI is InChI=1S/C34H33N2O2.C28H33N2Si.Ir/c1-19(2)22-10-8-11-23(20(3)4)29(22)33-36-30-28(37-33)17-15-25-24-12-9-13-26(31(24)38-32(25)30)27-16-14-21(18-35-27)34(5,6)7;1-19(2)23-17-22(31(5,6)7)18-24(20(3)4)27(23)30-26-16-12-11-15-25(26)29-28(30)21-13-9-8-10-14-21;/h8-12,14-20H,1-7H3;8-13,15-20H,1-7H3;/q2*-1;/i;19D,20D;. The van der Waals surface area contributed by atoms with E-state index in [4.69, 9.17) is 26.5 Å². The van der Waals surface area contributed by atoms with E-state index in [1.54, 1.807) is 0 Å². The van der Waals surface area contributed by atoms with E-state index in [0.29, 0.717) is 17.7 Å². The molecule has 0 fully saturated rings. The number of aromatic nitrogens is 4. The molecule has 0 spiro atoms. The van der Waals surface area contributed by atoms with Gasteiger partial charge in [-0.05, 0) is 86.8 Å². The van der Waals surface area contributed by atoms with E-state index in [-0.39, 0.29) is 25.5 Å². The van der Waals surface area contributed by atoms with Gasteiger partial charge in [0.2, 0.25) is 5.89 Å². The predicted molar refractivity (Wildman–Crippen MR) is 292 cm³/mol. The first-order chi connectivity index (χ1) is 33.4. The van der Waals surface area contributed by atoms with Crippen molar-refractivity contribution in [2.75, 3.05) is 0 Å². The summed E-state index contributed by atoms with van der Waals surface area (Å²) in [7, 11) is -1.69. The van der Waals surface area contributed by atoms with Crippen LogP contribution in [0.5, 0.6) is 0 Å². The van der Waals surface area contributed by atoms with Gasteiger partial charge >= 0.3 is 0 Å². The second-order valence-corrected chi connectivity index (χ2v) is 26.6. The quantitative estimate of drug-likeness (QED) is 0.106. The molecule has 0 saturated heterocycles. The molecule has 0 N–H and O–H groups in total. The Bertz CT molecular complexity index is 3520. The van der Waals surface area contributed by atoms with E-state index in [1.807, 2.05) is 94.6 Å². The summed E-state index contributed by atoms with van der Waals surface area (Å²) in [5.41, 5.74) is 15.0. The molecular formula is C62H66IrN4O2Si-2. The Morgan fingerprint density at radius 1 is 0.657 bits per heavy atom. The summed E-state index contributed by atoms with van der Waals surface area (Å²) in [6.45, 7) is 30.1. The number of rotatable bonds is 9. The Hall–Kier alpha value is -5.92. The minimum atomic E-state index is -1.69. The second kappa shape index (κ2) is 19.7. The molecule has 10 aromatic rings.